The molecule has 0 spiro atoms. The summed E-state index contributed by atoms with van der Waals surface area (Å²) in [5.41, 5.74) is 5.40. The summed E-state index contributed by atoms with van der Waals surface area (Å²) in [7, 11) is -0.878. The molecule has 2 nitrogen and oxygen atoms in total. The fraction of sp³-hybridized carbons (Fsp3) is 0.200. The molecule has 9 heavy (non-hydrogen) atoms. The van der Waals surface area contributed by atoms with Crippen LogP contribution in [0.25, 0.3) is 0 Å². The van der Waals surface area contributed by atoms with Gasteiger partial charge >= 0.3 is 0 Å². The van der Waals surface area contributed by atoms with Crippen molar-refractivity contribution in [2.24, 2.45) is 0 Å². The lowest BCUT2D eigenvalue weighted by atomic mass is 10.6. The van der Waals surface area contributed by atoms with Crippen LogP contribution in [-0.2, 0) is 10.8 Å². The second-order valence-electron chi connectivity index (χ2n) is 1.64. The molecule has 50 valence electrons. The van der Waals surface area contributed by atoms with Crippen molar-refractivity contribution in [2.75, 3.05) is 12.0 Å². The topological polar surface area (TPSA) is 43.1 Å². The predicted molar refractivity (Wildman–Crippen MR) is 41.1 cm³/mol. The molecule has 0 radical (unpaired) electrons. The van der Waals surface area contributed by atoms with Gasteiger partial charge in [-0.2, -0.15) is 0 Å². The minimum absolute atomic E-state index is 0.722. The number of hydrogen-bond donors (Lipinski definition) is 1. The molecule has 0 saturated carbocycles. The number of anilines is 1. The smallest absolute Gasteiger partial charge is 0.0868 e. The normalized spacial score (nSPS) is 13.4. The van der Waals surface area contributed by atoms with Gasteiger partial charge in [0.05, 0.1) is 20.7 Å². The van der Waals surface area contributed by atoms with Gasteiger partial charge in [-0.3, -0.25) is 4.21 Å². The predicted octanol–water partition coefficient (Wildman–Crippen LogP) is 1.07. The van der Waals surface area contributed by atoms with E-state index in [2.05, 4.69) is 0 Å². The molecule has 1 heterocycles. The van der Waals surface area contributed by atoms with E-state index in [0.29, 0.717) is 0 Å². The van der Waals surface area contributed by atoms with E-state index in [-0.39, 0.29) is 0 Å². The van der Waals surface area contributed by atoms with Crippen LogP contribution >= 0.6 is 11.3 Å². The van der Waals surface area contributed by atoms with Crippen LogP contribution in [0.1, 0.15) is 0 Å². The molecule has 0 fully saturated rings. The highest BCUT2D eigenvalue weighted by atomic mass is 32.2. The Morgan fingerprint density at radius 3 is 2.67 bits per heavy atom. The van der Waals surface area contributed by atoms with Crippen molar-refractivity contribution < 1.29 is 4.21 Å². The van der Waals surface area contributed by atoms with Crippen LogP contribution < -0.4 is 5.73 Å². The third kappa shape index (κ3) is 1.53. The fourth-order valence-electron chi connectivity index (χ4n) is 0.485. The first-order valence-electron chi connectivity index (χ1n) is 2.37. The van der Waals surface area contributed by atoms with E-state index in [0.717, 1.165) is 9.90 Å². The maximum absolute atomic E-state index is 10.7. The Morgan fingerprint density at radius 1 is 1.78 bits per heavy atom. The van der Waals surface area contributed by atoms with Crippen molar-refractivity contribution >= 4 is 27.1 Å². The molecule has 1 rings (SSSR count). The first-order chi connectivity index (χ1) is 4.20. The van der Waals surface area contributed by atoms with Crippen molar-refractivity contribution in [1.82, 2.24) is 0 Å². The van der Waals surface area contributed by atoms with E-state index in [1.165, 1.54) is 11.3 Å². The van der Waals surface area contributed by atoms with Gasteiger partial charge in [-0.1, -0.05) is 0 Å². The highest BCUT2D eigenvalue weighted by Gasteiger charge is 1.97. The summed E-state index contributed by atoms with van der Waals surface area (Å²) in [5.74, 6) is 0. The second-order valence-corrected chi connectivity index (χ2v) is 3.96. The Balaban J connectivity index is 2.98. The molecule has 0 saturated heterocycles. The SMILES string of the molecule is CS(=O)c1csc(N)c1. The highest BCUT2D eigenvalue weighted by Crippen LogP contribution is 2.18. The van der Waals surface area contributed by atoms with Gasteiger partial charge in [-0.25, -0.2) is 0 Å². The Bertz CT molecular complexity index is 231. The lowest BCUT2D eigenvalue weighted by Crippen LogP contribution is -1.82. The average molecular weight is 161 g/mol. The van der Waals surface area contributed by atoms with Crippen LogP contribution in [0, 0.1) is 0 Å². The largest absolute Gasteiger partial charge is 0.391 e. The standard InChI is InChI=1S/C5H7NOS2/c1-9(7)4-2-5(6)8-3-4/h2-3H,6H2,1H3. The zero-order valence-electron chi connectivity index (χ0n) is 4.96. The Morgan fingerprint density at radius 2 is 2.44 bits per heavy atom. The molecule has 0 aliphatic carbocycles. The number of thiophene rings is 1. The molecule has 0 aliphatic heterocycles. The van der Waals surface area contributed by atoms with E-state index in [9.17, 15) is 4.21 Å². The van der Waals surface area contributed by atoms with E-state index in [4.69, 9.17) is 5.73 Å². The third-order valence-corrected chi connectivity index (χ3v) is 2.74. The monoisotopic (exact) mass is 161 g/mol. The molecule has 2 N–H and O–H groups in total. The van der Waals surface area contributed by atoms with Gasteiger partial charge in [0.15, 0.2) is 0 Å². The van der Waals surface area contributed by atoms with Crippen LogP contribution in [0.5, 0.6) is 0 Å². The molecule has 0 bridgehead atoms. The lowest BCUT2D eigenvalue weighted by Gasteiger charge is -1.82. The molecule has 0 aliphatic rings. The van der Waals surface area contributed by atoms with Gasteiger partial charge in [-0.15, -0.1) is 11.3 Å². The van der Waals surface area contributed by atoms with Crippen molar-refractivity contribution in [3.8, 4) is 0 Å². The summed E-state index contributed by atoms with van der Waals surface area (Å²) in [6.07, 6.45) is 1.64. The van der Waals surface area contributed by atoms with Crippen LogP contribution in [0.3, 0.4) is 0 Å². The quantitative estimate of drug-likeness (QED) is 0.669. The second kappa shape index (κ2) is 2.49. The zero-order chi connectivity index (χ0) is 6.85. The Kier molecular flexibility index (Phi) is 1.87. The van der Waals surface area contributed by atoms with Gasteiger partial charge in [0.1, 0.15) is 0 Å². The van der Waals surface area contributed by atoms with Crippen molar-refractivity contribution in [3.05, 3.63) is 11.4 Å². The number of nitrogens with two attached hydrogens (primary N) is 1. The van der Waals surface area contributed by atoms with Gasteiger partial charge in [-0.05, 0) is 6.07 Å². The van der Waals surface area contributed by atoms with E-state index in [1.54, 1.807) is 12.3 Å². The molecule has 4 heteroatoms. The number of hydrogen-bond acceptors (Lipinski definition) is 3. The number of rotatable bonds is 1. The minimum Gasteiger partial charge on any atom is -0.391 e. The van der Waals surface area contributed by atoms with E-state index < -0.39 is 10.8 Å². The minimum atomic E-state index is -0.878. The Labute approximate surface area is 60.2 Å². The van der Waals surface area contributed by atoms with Crippen LogP contribution in [0.15, 0.2) is 16.3 Å². The third-order valence-electron chi connectivity index (χ3n) is 0.928. The summed E-state index contributed by atoms with van der Waals surface area (Å²) in [6.45, 7) is 0. The molecule has 1 unspecified atom stereocenters. The maximum atomic E-state index is 10.7. The summed E-state index contributed by atoms with van der Waals surface area (Å²) < 4.78 is 10.7. The number of nitrogen functional groups attached to an aromatic ring is 1. The summed E-state index contributed by atoms with van der Waals surface area (Å²) in [4.78, 5) is 0.817. The fourth-order valence-corrected chi connectivity index (χ4v) is 2.05. The molecule has 1 aromatic rings. The van der Waals surface area contributed by atoms with Crippen molar-refractivity contribution in [1.29, 1.82) is 0 Å². The molecular formula is C5H7NOS2. The summed E-state index contributed by atoms with van der Waals surface area (Å²) >= 11 is 1.42. The van der Waals surface area contributed by atoms with Gasteiger partial charge in [0, 0.05) is 11.6 Å². The first-order valence-corrected chi connectivity index (χ1v) is 4.81. The molecule has 1 aromatic heterocycles. The summed E-state index contributed by atoms with van der Waals surface area (Å²) in [5, 5.41) is 2.53. The summed E-state index contributed by atoms with van der Waals surface area (Å²) in [6, 6.07) is 1.74. The highest BCUT2D eigenvalue weighted by molar-refractivity contribution is 7.84. The van der Waals surface area contributed by atoms with E-state index in [1.807, 2.05) is 5.38 Å². The molecule has 1 atom stereocenters. The lowest BCUT2D eigenvalue weighted by molar-refractivity contribution is 0.687. The maximum Gasteiger partial charge on any atom is 0.0868 e. The van der Waals surface area contributed by atoms with Gasteiger partial charge in [0.2, 0.25) is 0 Å². The average Bonchev–Trinajstić information content (AvgIpc) is 2.14. The van der Waals surface area contributed by atoms with Gasteiger partial charge in [0.25, 0.3) is 0 Å². The van der Waals surface area contributed by atoms with Gasteiger partial charge < -0.3 is 5.73 Å². The van der Waals surface area contributed by atoms with Crippen LogP contribution in [0.2, 0.25) is 0 Å². The van der Waals surface area contributed by atoms with Crippen LogP contribution in [0.4, 0.5) is 5.00 Å². The Hall–Kier alpha value is -0.350. The van der Waals surface area contributed by atoms with E-state index >= 15 is 0 Å². The van der Waals surface area contributed by atoms with Crippen molar-refractivity contribution in [2.45, 2.75) is 4.90 Å². The van der Waals surface area contributed by atoms with Crippen molar-refractivity contribution in [3.63, 3.8) is 0 Å². The molecule has 0 aromatic carbocycles. The first kappa shape index (κ1) is 6.77. The molecular weight excluding hydrogens is 154 g/mol. The molecule has 0 amide bonds. The van der Waals surface area contributed by atoms with Crippen LogP contribution in [-0.4, -0.2) is 10.5 Å². The zero-order valence-corrected chi connectivity index (χ0v) is 6.59.